The normalized spacial score (nSPS) is 21.7. The van der Waals surface area contributed by atoms with Gasteiger partial charge in [-0.15, -0.1) is 0 Å². The topological polar surface area (TPSA) is 48.9 Å². The molecule has 0 amide bonds. The fraction of sp³-hybridized carbons (Fsp3) is 0.682. The predicted molar refractivity (Wildman–Crippen MR) is 112 cm³/mol. The molecule has 5 nitrogen and oxygen atoms in total. The molecule has 0 radical (unpaired) electrons. The number of nitrogens with one attached hydrogen (secondary N) is 2. The Kier molecular flexibility index (Phi) is 8.43. The molecule has 1 unspecified atom stereocenters. The fourth-order valence-electron chi connectivity index (χ4n) is 4.19. The fourth-order valence-corrected chi connectivity index (χ4v) is 4.19. The molecule has 2 aliphatic rings. The third-order valence-electron chi connectivity index (χ3n) is 5.74. The summed E-state index contributed by atoms with van der Waals surface area (Å²) < 4.78 is 5.74. The highest BCUT2D eigenvalue weighted by molar-refractivity contribution is 5.79. The number of likely N-dealkylation sites (tertiary alicyclic amines) is 1. The van der Waals surface area contributed by atoms with E-state index in [2.05, 4.69) is 44.8 Å². The third-order valence-corrected chi connectivity index (χ3v) is 5.74. The third kappa shape index (κ3) is 6.82. The van der Waals surface area contributed by atoms with Crippen molar-refractivity contribution in [2.45, 2.75) is 63.6 Å². The van der Waals surface area contributed by atoms with Crippen LogP contribution in [0.15, 0.2) is 35.3 Å². The number of hydrogen-bond donors (Lipinski definition) is 2. The Labute approximate surface area is 164 Å². The largest absolute Gasteiger partial charge is 0.377 e. The first-order valence-corrected chi connectivity index (χ1v) is 10.7. The molecule has 1 saturated carbocycles. The molecular weight excluding hydrogens is 336 g/mol. The molecule has 1 aliphatic heterocycles. The molecule has 2 N–H and O–H groups in total. The number of guanidine groups is 1. The van der Waals surface area contributed by atoms with Crippen molar-refractivity contribution in [3.05, 3.63) is 35.9 Å². The summed E-state index contributed by atoms with van der Waals surface area (Å²) in [6.07, 6.45) is 9.00. The number of unbranched alkanes of at least 4 members (excludes halogenated alkanes) is 1. The van der Waals surface area contributed by atoms with Crippen LogP contribution in [0.1, 0.15) is 50.5 Å². The lowest BCUT2D eigenvalue weighted by Crippen LogP contribution is -2.45. The number of aliphatic imine (C=N–C) groups is 1. The number of nitrogens with zero attached hydrogens (tertiary/aromatic N) is 2. The van der Waals surface area contributed by atoms with Gasteiger partial charge in [-0.05, 0) is 37.7 Å². The van der Waals surface area contributed by atoms with E-state index in [1.807, 2.05) is 13.1 Å². The van der Waals surface area contributed by atoms with Crippen LogP contribution in [0.4, 0.5) is 0 Å². The molecule has 5 heteroatoms. The van der Waals surface area contributed by atoms with Gasteiger partial charge in [0.2, 0.25) is 0 Å². The van der Waals surface area contributed by atoms with Gasteiger partial charge in [-0.2, -0.15) is 0 Å². The van der Waals surface area contributed by atoms with Crippen LogP contribution in [0.2, 0.25) is 0 Å². The van der Waals surface area contributed by atoms with Gasteiger partial charge in [-0.3, -0.25) is 9.89 Å². The van der Waals surface area contributed by atoms with Crippen LogP contribution in [0.3, 0.4) is 0 Å². The van der Waals surface area contributed by atoms with E-state index in [9.17, 15) is 0 Å². The molecule has 27 heavy (non-hydrogen) atoms. The minimum Gasteiger partial charge on any atom is -0.377 e. The maximum absolute atomic E-state index is 5.74. The molecule has 0 aromatic heterocycles. The molecule has 1 atom stereocenters. The lowest BCUT2D eigenvalue weighted by molar-refractivity contribution is 0.117. The summed E-state index contributed by atoms with van der Waals surface area (Å²) in [7, 11) is 1.86. The maximum Gasteiger partial charge on any atom is 0.191 e. The van der Waals surface area contributed by atoms with Gasteiger partial charge in [-0.25, -0.2) is 0 Å². The quantitative estimate of drug-likeness (QED) is 0.397. The van der Waals surface area contributed by atoms with Crippen LogP contribution in [-0.2, 0) is 11.3 Å². The Balaban J connectivity index is 1.23. The molecule has 0 spiro atoms. The second-order valence-electron chi connectivity index (χ2n) is 7.81. The predicted octanol–water partition coefficient (Wildman–Crippen LogP) is 3.17. The van der Waals surface area contributed by atoms with Gasteiger partial charge >= 0.3 is 0 Å². The molecular formula is C22H36N4O. The summed E-state index contributed by atoms with van der Waals surface area (Å²) in [5.74, 6) is 0.943. The minimum atomic E-state index is 0.533. The average Bonchev–Trinajstić information content (AvgIpc) is 3.39. The molecule has 1 heterocycles. The van der Waals surface area contributed by atoms with E-state index in [1.165, 1.54) is 50.8 Å². The van der Waals surface area contributed by atoms with E-state index < -0.39 is 0 Å². The number of rotatable bonds is 9. The maximum atomic E-state index is 5.74. The summed E-state index contributed by atoms with van der Waals surface area (Å²) in [6.45, 7) is 4.85. The van der Waals surface area contributed by atoms with E-state index in [-0.39, 0.29) is 0 Å². The molecule has 0 bridgehead atoms. The Bertz CT molecular complexity index is 557. The highest BCUT2D eigenvalue weighted by atomic mass is 16.5. The van der Waals surface area contributed by atoms with Crippen LogP contribution >= 0.6 is 0 Å². The first-order valence-electron chi connectivity index (χ1n) is 10.7. The summed E-state index contributed by atoms with van der Waals surface area (Å²) in [6, 6.07) is 11.7. The number of ether oxygens (including phenoxy) is 1. The minimum absolute atomic E-state index is 0.533. The van der Waals surface area contributed by atoms with Gasteiger partial charge in [0.25, 0.3) is 0 Å². The van der Waals surface area contributed by atoms with E-state index in [4.69, 9.17) is 4.74 Å². The van der Waals surface area contributed by atoms with Gasteiger partial charge in [-0.1, -0.05) is 43.2 Å². The Hall–Kier alpha value is -1.59. The van der Waals surface area contributed by atoms with Crippen molar-refractivity contribution >= 4 is 5.96 Å². The van der Waals surface area contributed by atoms with E-state index in [1.54, 1.807) is 0 Å². The van der Waals surface area contributed by atoms with Crippen LogP contribution in [-0.4, -0.2) is 56.2 Å². The molecule has 150 valence electrons. The zero-order valence-electron chi connectivity index (χ0n) is 16.8. The van der Waals surface area contributed by atoms with Crippen LogP contribution in [0.5, 0.6) is 0 Å². The van der Waals surface area contributed by atoms with Crippen molar-refractivity contribution in [3.63, 3.8) is 0 Å². The zero-order valence-corrected chi connectivity index (χ0v) is 16.8. The molecule has 1 aromatic rings. The molecule has 1 aromatic carbocycles. The zero-order chi connectivity index (χ0) is 18.7. The van der Waals surface area contributed by atoms with Crippen LogP contribution in [0.25, 0.3) is 0 Å². The van der Waals surface area contributed by atoms with Gasteiger partial charge in [0, 0.05) is 45.4 Å². The second-order valence-corrected chi connectivity index (χ2v) is 7.81. The van der Waals surface area contributed by atoms with Gasteiger partial charge < -0.3 is 15.4 Å². The van der Waals surface area contributed by atoms with E-state index in [0.29, 0.717) is 12.6 Å². The lowest BCUT2D eigenvalue weighted by Gasteiger charge is -2.24. The van der Waals surface area contributed by atoms with E-state index >= 15 is 0 Å². The van der Waals surface area contributed by atoms with Gasteiger partial charge in [0.05, 0.1) is 6.61 Å². The SMILES string of the molecule is CN=C(NCCCCOCc1ccccc1)NC1CCN(C2CCCC2)C1. The first kappa shape index (κ1) is 20.2. The van der Waals surface area contributed by atoms with Crippen molar-refractivity contribution in [1.82, 2.24) is 15.5 Å². The molecule has 2 fully saturated rings. The average molecular weight is 373 g/mol. The summed E-state index contributed by atoms with van der Waals surface area (Å²) in [5.41, 5.74) is 1.24. The van der Waals surface area contributed by atoms with Crippen molar-refractivity contribution in [2.75, 3.05) is 33.3 Å². The molecule has 1 aliphatic carbocycles. The van der Waals surface area contributed by atoms with Crippen molar-refractivity contribution < 1.29 is 4.74 Å². The molecule has 3 rings (SSSR count). The standard InChI is InChI=1S/C22H36N4O/c1-23-22(25-20-13-15-26(17-20)21-11-5-6-12-21)24-14-7-8-16-27-18-19-9-3-2-4-10-19/h2-4,9-10,20-21H,5-8,11-18H2,1H3,(H2,23,24,25). The van der Waals surface area contributed by atoms with Crippen molar-refractivity contribution in [3.8, 4) is 0 Å². The summed E-state index contributed by atoms with van der Waals surface area (Å²) in [5, 5.41) is 7.06. The van der Waals surface area contributed by atoms with Crippen LogP contribution < -0.4 is 10.6 Å². The van der Waals surface area contributed by atoms with Crippen molar-refractivity contribution in [2.24, 2.45) is 4.99 Å². The molecule has 1 saturated heterocycles. The number of hydrogen-bond acceptors (Lipinski definition) is 3. The van der Waals surface area contributed by atoms with Crippen molar-refractivity contribution in [1.29, 1.82) is 0 Å². The first-order chi connectivity index (χ1) is 13.3. The Morgan fingerprint density at radius 2 is 1.96 bits per heavy atom. The smallest absolute Gasteiger partial charge is 0.191 e. The highest BCUT2D eigenvalue weighted by Crippen LogP contribution is 2.26. The highest BCUT2D eigenvalue weighted by Gasteiger charge is 2.30. The monoisotopic (exact) mass is 372 g/mol. The summed E-state index contributed by atoms with van der Waals surface area (Å²) >= 11 is 0. The van der Waals surface area contributed by atoms with Gasteiger partial charge in [0.1, 0.15) is 0 Å². The summed E-state index contributed by atoms with van der Waals surface area (Å²) in [4.78, 5) is 7.07. The van der Waals surface area contributed by atoms with E-state index in [0.717, 1.165) is 38.0 Å². The van der Waals surface area contributed by atoms with Crippen LogP contribution in [0, 0.1) is 0 Å². The Morgan fingerprint density at radius 3 is 2.74 bits per heavy atom. The second kappa shape index (κ2) is 11.3. The Morgan fingerprint density at radius 1 is 1.15 bits per heavy atom. The lowest BCUT2D eigenvalue weighted by atomic mass is 10.2. The number of benzene rings is 1. The van der Waals surface area contributed by atoms with Gasteiger partial charge in [0.15, 0.2) is 5.96 Å².